The number of phosphoric acid groups is 1. The largest absolute Gasteiger partial charge is 0.756 e. The molecule has 0 saturated carbocycles. The number of esters is 2. The fraction of sp³-hybridized carbons (Fsp3) is 0.658. The van der Waals surface area contributed by atoms with E-state index in [1.54, 1.807) is 0 Å². The summed E-state index contributed by atoms with van der Waals surface area (Å²) in [6.07, 6.45) is 96.6. The maximum absolute atomic E-state index is 12.9. The first-order valence-corrected chi connectivity index (χ1v) is 36.0. The summed E-state index contributed by atoms with van der Waals surface area (Å²) in [7, 11) is 1.13. The van der Waals surface area contributed by atoms with Gasteiger partial charge in [0.05, 0.1) is 27.7 Å². The molecular formula is C76H128NO8P. The molecule has 490 valence electrons. The van der Waals surface area contributed by atoms with E-state index < -0.39 is 32.5 Å². The van der Waals surface area contributed by atoms with Crippen molar-refractivity contribution in [3.8, 4) is 0 Å². The Morgan fingerprint density at radius 1 is 0.360 bits per heavy atom. The Kier molecular flexibility index (Phi) is 62.2. The van der Waals surface area contributed by atoms with Crippen LogP contribution >= 0.6 is 7.82 Å². The number of likely N-dealkylation sites (N-methyl/N-ethyl adjacent to an activating group) is 1. The third-order valence-corrected chi connectivity index (χ3v) is 15.3. The van der Waals surface area contributed by atoms with Gasteiger partial charge in [-0.25, -0.2) is 0 Å². The van der Waals surface area contributed by atoms with Gasteiger partial charge in [0.15, 0.2) is 6.10 Å². The Labute approximate surface area is 529 Å². The van der Waals surface area contributed by atoms with Gasteiger partial charge in [-0.2, -0.15) is 0 Å². The topological polar surface area (TPSA) is 111 Å². The molecule has 0 bridgehead atoms. The van der Waals surface area contributed by atoms with Crippen molar-refractivity contribution in [1.82, 2.24) is 0 Å². The Balaban J connectivity index is 4.02. The molecule has 0 rings (SSSR count). The molecule has 0 aromatic heterocycles. The van der Waals surface area contributed by atoms with Crippen LogP contribution in [0.4, 0.5) is 0 Å². The highest BCUT2D eigenvalue weighted by molar-refractivity contribution is 7.45. The molecule has 0 aliphatic heterocycles. The van der Waals surface area contributed by atoms with Gasteiger partial charge in [-0.05, 0) is 116 Å². The lowest BCUT2D eigenvalue weighted by Crippen LogP contribution is -2.37. The van der Waals surface area contributed by atoms with Crippen molar-refractivity contribution in [3.63, 3.8) is 0 Å². The third kappa shape index (κ3) is 69.0. The molecule has 0 aliphatic carbocycles. The second kappa shape index (κ2) is 65.3. The average Bonchev–Trinajstić information content (AvgIpc) is 3.70. The van der Waals surface area contributed by atoms with Gasteiger partial charge < -0.3 is 27.9 Å². The van der Waals surface area contributed by atoms with Gasteiger partial charge in [-0.15, -0.1) is 0 Å². The fourth-order valence-corrected chi connectivity index (χ4v) is 9.86. The standard InChI is InChI=1S/C76H128NO8P/c1-6-8-10-12-14-16-18-20-22-24-26-28-29-30-31-32-33-34-35-36-37-38-39-40-41-42-43-44-45-46-47-49-51-53-55-57-59-61-63-65-67-69-76(79)85-74(73-84-86(80,81)83-71-70-77(3,4)5)72-82-75(78)68-66-64-62-60-58-56-54-52-50-48-27-25-23-21-19-17-15-13-11-9-7-2/h8-11,14-17,20-23,26-28,30-31,33-34,48,52,54,58,60,74H,6-7,12-13,18-19,24-25,29,32,35-47,49-51,53,55-57,59,61-73H2,1-5H3/b10-8-,11-9-,16-14-,17-15-,22-20-,23-21-,28-26-,31-30-,34-33-,48-27-,54-52-,60-58-. The second-order valence-electron chi connectivity index (χ2n) is 23.8. The van der Waals surface area contributed by atoms with Gasteiger partial charge in [0.2, 0.25) is 0 Å². The number of unbranched alkanes of at least 4 members (excludes halogenated alkanes) is 24. The van der Waals surface area contributed by atoms with Gasteiger partial charge in [0.1, 0.15) is 19.8 Å². The van der Waals surface area contributed by atoms with Crippen LogP contribution in [0.3, 0.4) is 0 Å². The van der Waals surface area contributed by atoms with Crippen LogP contribution in [0.5, 0.6) is 0 Å². The predicted molar refractivity (Wildman–Crippen MR) is 369 cm³/mol. The molecule has 10 heteroatoms. The van der Waals surface area contributed by atoms with E-state index in [0.717, 1.165) is 109 Å². The molecule has 0 aliphatic rings. The molecule has 0 N–H and O–H groups in total. The number of phosphoric ester groups is 1. The van der Waals surface area contributed by atoms with E-state index in [2.05, 4.69) is 160 Å². The minimum absolute atomic E-state index is 0.0433. The van der Waals surface area contributed by atoms with E-state index >= 15 is 0 Å². The number of carbonyl (C=O) groups excluding carboxylic acids is 2. The second-order valence-corrected chi connectivity index (χ2v) is 25.2. The maximum Gasteiger partial charge on any atom is 0.306 e. The summed E-state index contributed by atoms with van der Waals surface area (Å²) in [5.74, 6) is -0.885. The molecule has 0 heterocycles. The number of ether oxygens (including phenoxy) is 2. The van der Waals surface area contributed by atoms with Crippen LogP contribution in [0, 0.1) is 0 Å². The molecule has 0 fully saturated rings. The number of carbonyl (C=O) groups is 2. The number of hydrogen-bond acceptors (Lipinski definition) is 8. The minimum atomic E-state index is -4.66. The molecule has 0 saturated heterocycles. The van der Waals surface area contributed by atoms with E-state index in [0.29, 0.717) is 23.9 Å². The van der Waals surface area contributed by atoms with Crippen LogP contribution in [0.2, 0.25) is 0 Å². The summed E-state index contributed by atoms with van der Waals surface area (Å²) in [6.45, 7) is 3.96. The molecule has 86 heavy (non-hydrogen) atoms. The third-order valence-electron chi connectivity index (χ3n) is 14.4. The molecule has 2 atom stereocenters. The molecule has 0 radical (unpaired) electrons. The normalized spacial score (nSPS) is 14.1. The van der Waals surface area contributed by atoms with Gasteiger partial charge in [0.25, 0.3) is 7.82 Å². The number of allylic oxidation sites excluding steroid dienone is 24. The number of nitrogens with zero attached hydrogens (tertiary/aromatic N) is 1. The van der Waals surface area contributed by atoms with Crippen molar-refractivity contribution in [3.05, 3.63) is 146 Å². The van der Waals surface area contributed by atoms with Crippen molar-refractivity contribution in [2.45, 2.75) is 277 Å². The van der Waals surface area contributed by atoms with Crippen molar-refractivity contribution >= 4 is 19.8 Å². The van der Waals surface area contributed by atoms with Crippen molar-refractivity contribution in [2.24, 2.45) is 0 Å². The first kappa shape index (κ1) is 81.9. The molecule has 0 amide bonds. The summed E-state index contributed by atoms with van der Waals surface area (Å²) >= 11 is 0. The van der Waals surface area contributed by atoms with Crippen LogP contribution in [-0.4, -0.2) is 70.0 Å². The van der Waals surface area contributed by atoms with Crippen LogP contribution in [0.25, 0.3) is 0 Å². The molecule has 0 aromatic rings. The molecule has 0 aromatic carbocycles. The van der Waals surface area contributed by atoms with E-state index in [4.69, 9.17) is 18.5 Å². The number of rotatable bonds is 62. The van der Waals surface area contributed by atoms with E-state index in [1.807, 2.05) is 21.1 Å². The lowest BCUT2D eigenvalue weighted by atomic mass is 10.0. The van der Waals surface area contributed by atoms with E-state index in [-0.39, 0.29) is 26.1 Å². The Bertz CT molecular complexity index is 1960. The van der Waals surface area contributed by atoms with E-state index in [9.17, 15) is 19.0 Å². The average molecular weight is 1210 g/mol. The van der Waals surface area contributed by atoms with Gasteiger partial charge in [-0.3, -0.25) is 14.2 Å². The molecule has 9 nitrogen and oxygen atoms in total. The summed E-state index contributed by atoms with van der Waals surface area (Å²) in [4.78, 5) is 38.0. The zero-order valence-electron chi connectivity index (χ0n) is 55.7. The maximum atomic E-state index is 12.9. The van der Waals surface area contributed by atoms with Gasteiger partial charge >= 0.3 is 11.9 Å². The van der Waals surface area contributed by atoms with Gasteiger partial charge in [0, 0.05) is 12.8 Å². The quantitative estimate of drug-likeness (QED) is 0.0195. The summed E-state index contributed by atoms with van der Waals surface area (Å²) < 4.78 is 34.2. The van der Waals surface area contributed by atoms with Gasteiger partial charge in [-0.1, -0.05) is 288 Å². The lowest BCUT2D eigenvalue weighted by Gasteiger charge is -2.28. The highest BCUT2D eigenvalue weighted by atomic mass is 31.2. The molecule has 0 spiro atoms. The first-order valence-electron chi connectivity index (χ1n) is 34.5. The van der Waals surface area contributed by atoms with Crippen LogP contribution in [0.1, 0.15) is 271 Å². The smallest absolute Gasteiger partial charge is 0.306 e. The van der Waals surface area contributed by atoms with Crippen LogP contribution in [-0.2, 0) is 32.7 Å². The van der Waals surface area contributed by atoms with Crippen molar-refractivity contribution in [1.29, 1.82) is 0 Å². The highest BCUT2D eigenvalue weighted by Gasteiger charge is 2.22. The first-order chi connectivity index (χ1) is 42.0. The zero-order valence-corrected chi connectivity index (χ0v) is 56.6. The monoisotopic (exact) mass is 1210 g/mol. The predicted octanol–water partition coefficient (Wildman–Crippen LogP) is 22.0. The molecule has 2 unspecified atom stereocenters. The Hall–Kier alpha value is -4.11. The Morgan fingerprint density at radius 3 is 0.953 bits per heavy atom. The SMILES string of the molecule is CC/C=C\C/C=C\C/C=C\C/C=C\C/C=C\C/C=C\CCCCCCCCCCCCCCCCCCCCCCCCC(=O)OC(COC(=O)CCCC/C=C\C/C=C\C/C=C\C/C=C\C/C=C\C/C=C\CC)COP(=O)([O-])OCC[N+](C)(C)C. The Morgan fingerprint density at radius 2 is 0.628 bits per heavy atom. The lowest BCUT2D eigenvalue weighted by molar-refractivity contribution is -0.870. The highest BCUT2D eigenvalue weighted by Crippen LogP contribution is 2.38. The number of hydrogen-bond donors (Lipinski definition) is 0. The van der Waals surface area contributed by atoms with Crippen LogP contribution in [0.15, 0.2) is 146 Å². The summed E-state index contributed by atoms with van der Waals surface area (Å²) in [5, 5.41) is 0. The van der Waals surface area contributed by atoms with Crippen LogP contribution < -0.4 is 4.89 Å². The number of quaternary nitrogens is 1. The van der Waals surface area contributed by atoms with Crippen molar-refractivity contribution < 1.29 is 42.1 Å². The summed E-state index contributed by atoms with van der Waals surface area (Å²) in [6, 6.07) is 0. The zero-order chi connectivity index (χ0) is 62.6. The van der Waals surface area contributed by atoms with Crippen molar-refractivity contribution in [2.75, 3.05) is 47.5 Å². The molecular weight excluding hydrogens is 1090 g/mol. The summed E-state index contributed by atoms with van der Waals surface area (Å²) in [5.41, 5.74) is 0. The van der Waals surface area contributed by atoms with E-state index in [1.165, 1.54) is 122 Å². The fourth-order valence-electron chi connectivity index (χ4n) is 9.14. The minimum Gasteiger partial charge on any atom is -0.756 e.